The summed E-state index contributed by atoms with van der Waals surface area (Å²) in [5.41, 5.74) is -1.05. The van der Waals surface area contributed by atoms with Crippen LogP contribution in [0.3, 0.4) is 0 Å². The van der Waals surface area contributed by atoms with Gasteiger partial charge in [-0.1, -0.05) is 0 Å². The second-order valence-electron chi connectivity index (χ2n) is 3.21. The maximum atomic E-state index is 12.7. The molecular weight excluding hydrogens is 275 g/mol. The number of pyridine rings is 1. The van der Waals surface area contributed by atoms with E-state index in [4.69, 9.17) is 5.26 Å². The van der Waals surface area contributed by atoms with Crippen molar-refractivity contribution < 1.29 is 31.4 Å². The van der Waals surface area contributed by atoms with Crippen molar-refractivity contribution in [3.8, 4) is 17.7 Å². The highest BCUT2D eigenvalue weighted by Gasteiger charge is 2.34. The summed E-state index contributed by atoms with van der Waals surface area (Å²) in [7, 11) is 0.969. The van der Waals surface area contributed by atoms with Gasteiger partial charge >= 0.3 is 6.36 Å². The standard InChI is InChI=1S/C10H7F5N2O2/c1-18-7-5(2-3-16)6(8(11)12)4-17-9(7)19-10(13,14)15/h4,8H,2H2,1H3. The van der Waals surface area contributed by atoms with Gasteiger partial charge < -0.3 is 9.47 Å². The van der Waals surface area contributed by atoms with Gasteiger partial charge in [-0.2, -0.15) is 5.26 Å². The topological polar surface area (TPSA) is 55.1 Å². The molecule has 0 atom stereocenters. The minimum atomic E-state index is -5.05. The lowest BCUT2D eigenvalue weighted by Gasteiger charge is -2.15. The second-order valence-corrected chi connectivity index (χ2v) is 3.21. The van der Waals surface area contributed by atoms with Crippen LogP contribution in [0.4, 0.5) is 22.0 Å². The predicted octanol–water partition coefficient (Wildman–Crippen LogP) is 2.99. The summed E-state index contributed by atoms with van der Waals surface area (Å²) >= 11 is 0. The van der Waals surface area contributed by atoms with Crippen LogP contribution in [-0.2, 0) is 6.42 Å². The van der Waals surface area contributed by atoms with E-state index in [1.807, 2.05) is 0 Å². The van der Waals surface area contributed by atoms with E-state index in [0.29, 0.717) is 6.20 Å². The fourth-order valence-electron chi connectivity index (χ4n) is 1.37. The number of nitrogens with zero attached hydrogens (tertiary/aromatic N) is 2. The van der Waals surface area contributed by atoms with E-state index in [1.54, 1.807) is 6.07 Å². The molecule has 0 amide bonds. The maximum absolute atomic E-state index is 12.7. The Morgan fingerprint density at radius 1 is 1.42 bits per heavy atom. The minimum Gasteiger partial charge on any atom is -0.491 e. The van der Waals surface area contributed by atoms with Crippen LogP contribution >= 0.6 is 0 Å². The molecule has 1 aromatic rings. The van der Waals surface area contributed by atoms with Crippen molar-refractivity contribution in [1.29, 1.82) is 5.26 Å². The lowest BCUT2D eigenvalue weighted by atomic mass is 10.1. The number of halogens is 5. The second kappa shape index (κ2) is 5.69. The van der Waals surface area contributed by atoms with Crippen molar-refractivity contribution in [2.45, 2.75) is 19.2 Å². The Labute approximate surface area is 104 Å². The van der Waals surface area contributed by atoms with Crippen LogP contribution in [0.5, 0.6) is 11.6 Å². The van der Waals surface area contributed by atoms with Gasteiger partial charge in [-0.15, -0.1) is 13.2 Å². The van der Waals surface area contributed by atoms with Crippen molar-refractivity contribution in [2.24, 2.45) is 0 Å². The summed E-state index contributed by atoms with van der Waals surface area (Å²) in [6, 6.07) is 1.57. The Morgan fingerprint density at radius 2 is 2.05 bits per heavy atom. The van der Waals surface area contributed by atoms with Gasteiger partial charge in [-0.05, 0) is 0 Å². The van der Waals surface area contributed by atoms with Crippen LogP contribution < -0.4 is 9.47 Å². The number of alkyl halides is 5. The van der Waals surface area contributed by atoms with Crippen LogP contribution in [0, 0.1) is 11.3 Å². The molecule has 9 heteroatoms. The van der Waals surface area contributed by atoms with Gasteiger partial charge in [0.05, 0.1) is 19.6 Å². The molecule has 0 aliphatic rings. The smallest absolute Gasteiger partial charge is 0.491 e. The van der Waals surface area contributed by atoms with E-state index in [-0.39, 0.29) is 5.56 Å². The first kappa shape index (κ1) is 14.9. The molecule has 0 saturated carbocycles. The molecule has 0 N–H and O–H groups in total. The molecule has 4 nitrogen and oxygen atoms in total. The quantitative estimate of drug-likeness (QED) is 0.797. The molecule has 0 fully saturated rings. The molecule has 0 aliphatic heterocycles. The third-order valence-electron chi connectivity index (χ3n) is 2.05. The van der Waals surface area contributed by atoms with Crippen LogP contribution in [-0.4, -0.2) is 18.5 Å². The normalized spacial score (nSPS) is 11.3. The summed E-state index contributed by atoms with van der Waals surface area (Å²) in [5, 5.41) is 8.54. The highest BCUT2D eigenvalue weighted by molar-refractivity contribution is 5.47. The molecule has 0 saturated heterocycles. The van der Waals surface area contributed by atoms with Crippen molar-refractivity contribution in [3.05, 3.63) is 17.3 Å². The molecule has 0 bridgehead atoms. The first-order chi connectivity index (χ1) is 8.80. The van der Waals surface area contributed by atoms with E-state index in [0.717, 1.165) is 7.11 Å². The molecule has 0 spiro atoms. The Bertz CT molecular complexity index is 496. The van der Waals surface area contributed by atoms with Gasteiger partial charge in [0.15, 0.2) is 5.75 Å². The van der Waals surface area contributed by atoms with Crippen molar-refractivity contribution >= 4 is 0 Å². The van der Waals surface area contributed by atoms with Gasteiger partial charge in [0.25, 0.3) is 12.3 Å². The zero-order valence-corrected chi connectivity index (χ0v) is 9.46. The zero-order valence-electron chi connectivity index (χ0n) is 9.46. The van der Waals surface area contributed by atoms with Crippen LogP contribution in [0.15, 0.2) is 6.20 Å². The van der Waals surface area contributed by atoms with Crippen LogP contribution in [0.25, 0.3) is 0 Å². The molecule has 104 valence electrons. The molecule has 19 heavy (non-hydrogen) atoms. The van der Waals surface area contributed by atoms with Gasteiger partial charge in [0, 0.05) is 17.3 Å². The number of ether oxygens (including phenoxy) is 2. The first-order valence-corrected chi connectivity index (χ1v) is 4.76. The summed E-state index contributed by atoms with van der Waals surface area (Å²) in [5.74, 6) is -1.64. The molecule has 1 rings (SSSR count). The number of hydrogen-bond donors (Lipinski definition) is 0. The average molecular weight is 282 g/mol. The van der Waals surface area contributed by atoms with Crippen molar-refractivity contribution in [3.63, 3.8) is 0 Å². The van der Waals surface area contributed by atoms with E-state index < -0.39 is 36.4 Å². The van der Waals surface area contributed by atoms with Gasteiger partial charge in [0.2, 0.25) is 0 Å². The number of nitriles is 1. The molecular formula is C10H7F5N2O2. The fourth-order valence-corrected chi connectivity index (χ4v) is 1.37. The fraction of sp³-hybridized carbons (Fsp3) is 0.400. The molecule has 0 unspecified atom stereocenters. The van der Waals surface area contributed by atoms with Gasteiger partial charge in [-0.25, -0.2) is 13.8 Å². The van der Waals surface area contributed by atoms with E-state index in [9.17, 15) is 22.0 Å². The molecule has 0 aliphatic carbocycles. The zero-order chi connectivity index (χ0) is 14.6. The molecule has 1 heterocycles. The van der Waals surface area contributed by atoms with Crippen molar-refractivity contribution in [2.75, 3.05) is 7.11 Å². The number of hydrogen-bond acceptors (Lipinski definition) is 4. The Kier molecular flexibility index (Phi) is 4.47. The van der Waals surface area contributed by atoms with E-state index >= 15 is 0 Å². The highest BCUT2D eigenvalue weighted by Crippen LogP contribution is 2.37. The molecule has 0 radical (unpaired) electrons. The summed E-state index contributed by atoms with van der Waals surface area (Å²) < 4.78 is 69.8. The highest BCUT2D eigenvalue weighted by atomic mass is 19.4. The monoisotopic (exact) mass is 282 g/mol. The molecule has 1 aromatic heterocycles. The lowest BCUT2D eigenvalue weighted by molar-refractivity contribution is -0.276. The predicted molar refractivity (Wildman–Crippen MR) is 51.7 cm³/mol. The van der Waals surface area contributed by atoms with Crippen LogP contribution in [0.2, 0.25) is 0 Å². The summed E-state index contributed by atoms with van der Waals surface area (Å²) in [4.78, 5) is 3.14. The molecule has 0 aromatic carbocycles. The maximum Gasteiger partial charge on any atom is 0.574 e. The Morgan fingerprint density at radius 3 is 2.47 bits per heavy atom. The van der Waals surface area contributed by atoms with Gasteiger partial charge in [-0.3, -0.25) is 0 Å². The van der Waals surface area contributed by atoms with Crippen LogP contribution in [0.1, 0.15) is 17.6 Å². The minimum absolute atomic E-state index is 0.380. The Balaban J connectivity index is 3.37. The lowest BCUT2D eigenvalue weighted by Crippen LogP contribution is -2.19. The van der Waals surface area contributed by atoms with E-state index in [1.165, 1.54) is 0 Å². The number of rotatable bonds is 4. The largest absolute Gasteiger partial charge is 0.574 e. The number of aromatic nitrogens is 1. The van der Waals surface area contributed by atoms with E-state index in [2.05, 4.69) is 14.5 Å². The SMILES string of the molecule is COc1c(OC(F)(F)F)ncc(C(F)F)c1CC#N. The van der Waals surface area contributed by atoms with Crippen molar-refractivity contribution in [1.82, 2.24) is 4.98 Å². The Hall–Kier alpha value is -2.11. The third kappa shape index (κ3) is 3.67. The van der Waals surface area contributed by atoms with Gasteiger partial charge in [0.1, 0.15) is 0 Å². The summed E-state index contributed by atoms with van der Waals surface area (Å²) in [6.07, 6.45) is -8.07. The third-order valence-corrected chi connectivity index (χ3v) is 2.05. The summed E-state index contributed by atoms with van der Waals surface area (Å²) in [6.45, 7) is 0. The number of methoxy groups -OCH3 is 1. The average Bonchev–Trinajstić information content (AvgIpc) is 2.27. The first-order valence-electron chi connectivity index (χ1n) is 4.76.